The molecule has 28 heavy (non-hydrogen) atoms. The third-order valence-electron chi connectivity index (χ3n) is 5.69. The van der Waals surface area contributed by atoms with E-state index in [1.807, 2.05) is 42.8 Å². The van der Waals surface area contributed by atoms with Crippen molar-refractivity contribution in [2.24, 2.45) is 11.7 Å². The van der Waals surface area contributed by atoms with Crippen LogP contribution >= 0.6 is 0 Å². The van der Waals surface area contributed by atoms with E-state index in [0.717, 1.165) is 39.9 Å². The molecule has 150 valence electrons. The summed E-state index contributed by atoms with van der Waals surface area (Å²) in [5, 5.41) is 5.74. The predicted molar refractivity (Wildman–Crippen MR) is 113 cm³/mol. The Bertz CT molecular complexity index is 991. The number of aryl methyl sites for hydroxylation is 2. The second-order valence-electron chi connectivity index (χ2n) is 8.03. The highest BCUT2D eigenvalue weighted by atomic mass is 16.2. The zero-order valence-corrected chi connectivity index (χ0v) is 17.6. The number of carbonyl (C=O) groups is 1. The summed E-state index contributed by atoms with van der Waals surface area (Å²) in [4.78, 5) is 19.1. The maximum Gasteiger partial charge on any atom is 0.222 e. The van der Waals surface area contributed by atoms with E-state index in [1.54, 1.807) is 4.90 Å². The molecule has 6 nitrogen and oxygen atoms in total. The Kier molecular flexibility index (Phi) is 5.98. The van der Waals surface area contributed by atoms with Crippen molar-refractivity contribution in [2.75, 3.05) is 13.6 Å². The average molecular weight is 382 g/mol. The van der Waals surface area contributed by atoms with Gasteiger partial charge in [-0.3, -0.25) is 4.79 Å². The molecule has 1 aromatic carbocycles. The lowest BCUT2D eigenvalue weighted by Crippen LogP contribution is -2.34. The maximum absolute atomic E-state index is 12.6. The van der Waals surface area contributed by atoms with E-state index in [0.29, 0.717) is 25.3 Å². The number of rotatable bonds is 7. The van der Waals surface area contributed by atoms with Crippen LogP contribution in [0, 0.1) is 19.8 Å². The maximum atomic E-state index is 12.6. The summed E-state index contributed by atoms with van der Waals surface area (Å²) in [6.07, 6.45) is 1.95. The number of carbonyl (C=O) groups excluding carboxylic acids is 1. The van der Waals surface area contributed by atoms with Crippen molar-refractivity contribution in [1.82, 2.24) is 19.5 Å². The fraction of sp³-hybridized carbons (Fsp3) is 0.500. The molecule has 2 heterocycles. The van der Waals surface area contributed by atoms with Gasteiger partial charge in [0.2, 0.25) is 5.91 Å². The molecule has 1 unspecified atom stereocenters. The second kappa shape index (κ2) is 8.27. The third kappa shape index (κ3) is 4.02. The first-order chi connectivity index (χ1) is 13.3. The van der Waals surface area contributed by atoms with Crippen molar-refractivity contribution in [1.29, 1.82) is 0 Å². The van der Waals surface area contributed by atoms with Gasteiger partial charge in [0.15, 0.2) is 5.65 Å². The zero-order valence-electron chi connectivity index (χ0n) is 17.6. The van der Waals surface area contributed by atoms with Crippen LogP contribution in [-0.2, 0) is 11.2 Å². The van der Waals surface area contributed by atoms with Crippen molar-refractivity contribution >= 4 is 22.5 Å². The quantitative estimate of drug-likeness (QED) is 0.681. The summed E-state index contributed by atoms with van der Waals surface area (Å²) in [7, 11) is 1.86. The number of amides is 1. The molecular formula is C22H31N5O. The molecule has 0 radical (unpaired) electrons. The Morgan fingerprint density at radius 2 is 1.96 bits per heavy atom. The monoisotopic (exact) mass is 381 g/mol. The van der Waals surface area contributed by atoms with Crippen LogP contribution in [0.1, 0.15) is 43.6 Å². The van der Waals surface area contributed by atoms with Gasteiger partial charge in [0.25, 0.3) is 0 Å². The van der Waals surface area contributed by atoms with Crippen LogP contribution in [-0.4, -0.2) is 45.0 Å². The van der Waals surface area contributed by atoms with Crippen LogP contribution < -0.4 is 5.73 Å². The number of aromatic nitrogens is 3. The van der Waals surface area contributed by atoms with Gasteiger partial charge in [-0.2, -0.15) is 5.10 Å². The van der Waals surface area contributed by atoms with Gasteiger partial charge in [0.05, 0.1) is 5.52 Å². The lowest BCUT2D eigenvalue weighted by atomic mass is 10.0. The number of fused-ring (bicyclic) bond motifs is 3. The number of hydrogen-bond donors (Lipinski definition) is 1. The molecule has 0 aliphatic rings. The van der Waals surface area contributed by atoms with Gasteiger partial charge in [-0.15, -0.1) is 0 Å². The Morgan fingerprint density at radius 1 is 1.25 bits per heavy atom. The standard InChI is InChI=1S/C22H31N5O/c1-14(2)19(23)12-13-26(5)21(28)11-10-17-15(3)24-22-18-8-6-7-9-20(18)25-27(22)16(17)4/h6-9,14,19H,10-13,23H2,1-5H3. The molecule has 0 bridgehead atoms. The van der Waals surface area contributed by atoms with Gasteiger partial charge in [-0.05, 0) is 50.3 Å². The van der Waals surface area contributed by atoms with Crippen molar-refractivity contribution in [3.05, 3.63) is 41.2 Å². The number of nitrogens with two attached hydrogens (primary N) is 1. The van der Waals surface area contributed by atoms with Gasteiger partial charge in [-0.1, -0.05) is 26.0 Å². The van der Waals surface area contributed by atoms with Gasteiger partial charge in [0.1, 0.15) is 0 Å². The first kappa shape index (κ1) is 20.3. The minimum Gasteiger partial charge on any atom is -0.346 e. The van der Waals surface area contributed by atoms with Crippen LogP contribution in [0.25, 0.3) is 16.6 Å². The lowest BCUT2D eigenvalue weighted by Gasteiger charge is -2.22. The Morgan fingerprint density at radius 3 is 2.68 bits per heavy atom. The predicted octanol–water partition coefficient (Wildman–Crippen LogP) is 3.26. The third-order valence-corrected chi connectivity index (χ3v) is 5.69. The van der Waals surface area contributed by atoms with Crippen molar-refractivity contribution in [3.8, 4) is 0 Å². The van der Waals surface area contributed by atoms with E-state index in [2.05, 4.69) is 25.9 Å². The SMILES string of the molecule is Cc1nc2c3ccccc3nn2c(C)c1CCC(=O)N(C)CCC(N)C(C)C. The highest BCUT2D eigenvalue weighted by Crippen LogP contribution is 2.23. The minimum absolute atomic E-state index is 0.125. The Balaban J connectivity index is 1.73. The molecule has 0 saturated carbocycles. The van der Waals surface area contributed by atoms with E-state index in [1.165, 1.54) is 0 Å². The smallest absolute Gasteiger partial charge is 0.222 e. The van der Waals surface area contributed by atoms with Crippen molar-refractivity contribution in [3.63, 3.8) is 0 Å². The molecule has 2 N–H and O–H groups in total. The van der Waals surface area contributed by atoms with E-state index < -0.39 is 0 Å². The number of nitrogens with zero attached hydrogens (tertiary/aromatic N) is 4. The average Bonchev–Trinajstić information content (AvgIpc) is 3.04. The lowest BCUT2D eigenvalue weighted by molar-refractivity contribution is -0.129. The molecule has 0 fully saturated rings. The van der Waals surface area contributed by atoms with Crippen LogP contribution in [0.2, 0.25) is 0 Å². The van der Waals surface area contributed by atoms with Gasteiger partial charge >= 0.3 is 0 Å². The molecule has 0 saturated heterocycles. The molecule has 2 aromatic heterocycles. The highest BCUT2D eigenvalue weighted by Gasteiger charge is 2.17. The number of hydrogen-bond acceptors (Lipinski definition) is 4. The molecule has 0 aliphatic heterocycles. The largest absolute Gasteiger partial charge is 0.346 e. The molecule has 0 spiro atoms. The molecule has 1 atom stereocenters. The molecule has 0 aliphatic carbocycles. The normalized spacial score (nSPS) is 12.8. The van der Waals surface area contributed by atoms with E-state index in [-0.39, 0.29) is 11.9 Å². The fourth-order valence-electron chi connectivity index (χ4n) is 3.56. The van der Waals surface area contributed by atoms with Gasteiger partial charge in [0, 0.05) is 42.8 Å². The van der Waals surface area contributed by atoms with Crippen LogP contribution in [0.15, 0.2) is 24.3 Å². The summed E-state index contributed by atoms with van der Waals surface area (Å²) in [6.45, 7) is 8.98. The molecule has 6 heteroatoms. The van der Waals surface area contributed by atoms with E-state index in [4.69, 9.17) is 10.7 Å². The summed E-state index contributed by atoms with van der Waals surface area (Å²) >= 11 is 0. The summed E-state index contributed by atoms with van der Waals surface area (Å²) in [5.41, 5.74) is 11.0. The van der Waals surface area contributed by atoms with Crippen molar-refractivity contribution < 1.29 is 4.79 Å². The molecule has 3 aromatic rings. The van der Waals surface area contributed by atoms with Crippen LogP contribution in [0.4, 0.5) is 0 Å². The summed E-state index contributed by atoms with van der Waals surface area (Å²) < 4.78 is 1.91. The summed E-state index contributed by atoms with van der Waals surface area (Å²) in [5.74, 6) is 0.566. The second-order valence-corrected chi connectivity index (χ2v) is 8.03. The highest BCUT2D eigenvalue weighted by molar-refractivity contribution is 5.92. The van der Waals surface area contributed by atoms with E-state index >= 15 is 0 Å². The molecular weight excluding hydrogens is 350 g/mol. The Labute approximate surface area is 166 Å². The van der Waals surface area contributed by atoms with Gasteiger partial charge in [-0.25, -0.2) is 9.50 Å². The van der Waals surface area contributed by atoms with Crippen LogP contribution in [0.5, 0.6) is 0 Å². The minimum atomic E-state index is 0.125. The fourth-order valence-corrected chi connectivity index (χ4v) is 3.56. The molecule has 1 amide bonds. The first-order valence-electron chi connectivity index (χ1n) is 10.0. The number of benzene rings is 1. The van der Waals surface area contributed by atoms with Crippen LogP contribution in [0.3, 0.4) is 0 Å². The molecule has 3 rings (SSSR count). The topological polar surface area (TPSA) is 76.5 Å². The van der Waals surface area contributed by atoms with Crippen molar-refractivity contribution in [2.45, 2.75) is 53.0 Å². The van der Waals surface area contributed by atoms with E-state index in [9.17, 15) is 4.79 Å². The Hall–Kier alpha value is -2.47. The van der Waals surface area contributed by atoms with Gasteiger partial charge < -0.3 is 10.6 Å². The summed E-state index contributed by atoms with van der Waals surface area (Å²) in [6, 6.07) is 8.16. The first-order valence-corrected chi connectivity index (χ1v) is 10.0. The zero-order chi connectivity index (χ0) is 20.4.